The van der Waals surface area contributed by atoms with Crippen LogP contribution in [0.5, 0.6) is 0 Å². The molecule has 0 saturated carbocycles. The summed E-state index contributed by atoms with van der Waals surface area (Å²) in [5.74, 6) is 0. The molecule has 0 radical (unpaired) electrons. The van der Waals surface area contributed by atoms with Crippen LogP contribution < -0.4 is 4.90 Å². The molecule has 0 spiro atoms. The normalized spacial score (nSPS) is 17.3. The summed E-state index contributed by atoms with van der Waals surface area (Å²) in [6, 6.07) is 22.5. The molecule has 3 aromatic rings. The van der Waals surface area contributed by atoms with E-state index >= 15 is 0 Å². The van der Waals surface area contributed by atoms with Crippen molar-refractivity contribution in [2.75, 3.05) is 45.2 Å². The molecule has 180 valence electrons. The second-order valence-electron chi connectivity index (χ2n) is 8.80. The Morgan fingerprint density at radius 3 is 2.21 bits per heavy atom. The molecule has 5 nitrogen and oxygen atoms in total. The van der Waals surface area contributed by atoms with Crippen molar-refractivity contribution < 1.29 is 8.42 Å². The number of hydrogen-bond acceptors (Lipinski definition) is 4. The quantitative estimate of drug-likeness (QED) is 0.415. The topological polar surface area (TPSA) is 43.9 Å². The first-order valence-corrected chi connectivity index (χ1v) is 13.5. The van der Waals surface area contributed by atoms with Crippen LogP contribution in [0.1, 0.15) is 6.42 Å². The van der Waals surface area contributed by atoms with Gasteiger partial charge in [0.2, 0.25) is 10.0 Å². The maximum Gasteiger partial charge on any atom is 0.243 e. The van der Waals surface area contributed by atoms with Crippen LogP contribution in [0.3, 0.4) is 0 Å². The molecule has 1 atom stereocenters. The summed E-state index contributed by atoms with van der Waals surface area (Å²) < 4.78 is 29.0. The third-order valence-electron chi connectivity index (χ3n) is 6.17. The summed E-state index contributed by atoms with van der Waals surface area (Å²) in [4.78, 5) is 4.59. The Morgan fingerprint density at radius 1 is 0.882 bits per heavy atom. The number of rotatable bonds is 7. The van der Waals surface area contributed by atoms with E-state index in [9.17, 15) is 8.42 Å². The highest BCUT2D eigenvalue weighted by atomic mass is 35.5. The van der Waals surface area contributed by atoms with Gasteiger partial charge in [0.1, 0.15) is 0 Å². The van der Waals surface area contributed by atoms with Gasteiger partial charge in [-0.15, -0.1) is 0 Å². The van der Waals surface area contributed by atoms with Crippen molar-refractivity contribution in [3.63, 3.8) is 0 Å². The number of sulfonamides is 1. The van der Waals surface area contributed by atoms with Gasteiger partial charge in [-0.05, 0) is 68.5 Å². The van der Waals surface area contributed by atoms with E-state index < -0.39 is 10.0 Å². The van der Waals surface area contributed by atoms with Gasteiger partial charge in [-0.25, -0.2) is 8.42 Å². The van der Waals surface area contributed by atoms with Gasteiger partial charge in [-0.1, -0.05) is 65.7 Å². The largest absolute Gasteiger partial charge is 0.369 e. The molecule has 1 fully saturated rings. The lowest BCUT2D eigenvalue weighted by Crippen LogP contribution is -2.55. The summed E-state index contributed by atoms with van der Waals surface area (Å²) >= 11 is 12.3. The smallest absolute Gasteiger partial charge is 0.243 e. The van der Waals surface area contributed by atoms with E-state index in [-0.39, 0.29) is 6.04 Å². The van der Waals surface area contributed by atoms with Gasteiger partial charge in [-0.2, -0.15) is 4.31 Å². The lowest BCUT2D eigenvalue weighted by atomic mass is 10.1. The molecule has 0 bridgehead atoms. The minimum atomic E-state index is -3.64. The predicted octanol–water partition coefficient (Wildman–Crippen LogP) is 5.49. The fraction of sp³-hybridized carbons (Fsp3) is 0.308. The average molecular weight is 519 g/mol. The Balaban J connectivity index is 1.58. The summed E-state index contributed by atoms with van der Waals surface area (Å²) in [6.07, 6.45) is 0.728. The number of halogens is 2. The molecule has 3 aromatic carbocycles. The van der Waals surface area contributed by atoms with Crippen molar-refractivity contribution in [1.29, 1.82) is 0 Å². The lowest BCUT2D eigenvalue weighted by molar-refractivity contribution is 0.252. The molecule has 4 rings (SSSR count). The highest BCUT2D eigenvalue weighted by Gasteiger charge is 2.36. The van der Waals surface area contributed by atoms with Gasteiger partial charge in [0, 0.05) is 31.4 Å². The third-order valence-corrected chi connectivity index (χ3v) is 8.88. The van der Waals surface area contributed by atoms with Gasteiger partial charge in [0.25, 0.3) is 0 Å². The Morgan fingerprint density at radius 2 is 1.56 bits per heavy atom. The Bertz CT molecular complexity index is 1220. The second kappa shape index (κ2) is 10.7. The SMILES string of the molecule is CN(C)CCC1CN(c2ccc(Cl)c(Cl)c2)CCN1S(=O)(=O)c1ccc(-c2ccccc2)cc1. The Hall–Kier alpha value is -2.09. The maximum atomic E-state index is 13.7. The number of piperazine rings is 1. The van der Waals surface area contributed by atoms with Crippen LogP contribution in [0.15, 0.2) is 77.7 Å². The molecule has 1 saturated heterocycles. The first kappa shape index (κ1) is 25.0. The van der Waals surface area contributed by atoms with Crippen LogP contribution in [0.4, 0.5) is 5.69 Å². The van der Waals surface area contributed by atoms with E-state index in [1.165, 1.54) is 0 Å². The first-order chi connectivity index (χ1) is 16.3. The van der Waals surface area contributed by atoms with Gasteiger partial charge < -0.3 is 9.80 Å². The Labute approximate surface area is 212 Å². The first-order valence-electron chi connectivity index (χ1n) is 11.3. The molecule has 0 aliphatic carbocycles. The number of hydrogen-bond donors (Lipinski definition) is 0. The summed E-state index contributed by atoms with van der Waals surface area (Å²) in [5, 5.41) is 1.01. The van der Waals surface area contributed by atoms with E-state index in [4.69, 9.17) is 23.2 Å². The monoisotopic (exact) mass is 517 g/mol. The molecule has 1 aliphatic rings. The zero-order chi connectivity index (χ0) is 24.3. The zero-order valence-electron chi connectivity index (χ0n) is 19.4. The zero-order valence-corrected chi connectivity index (χ0v) is 21.7. The highest BCUT2D eigenvalue weighted by Crippen LogP contribution is 2.31. The maximum absolute atomic E-state index is 13.7. The number of anilines is 1. The van der Waals surface area contributed by atoms with Crippen LogP contribution in [0.25, 0.3) is 11.1 Å². The van der Waals surface area contributed by atoms with Crippen LogP contribution in [0.2, 0.25) is 10.0 Å². The molecular weight excluding hydrogens is 489 g/mol. The molecule has 0 amide bonds. The van der Waals surface area contributed by atoms with Gasteiger partial charge in [0.15, 0.2) is 0 Å². The van der Waals surface area contributed by atoms with Crippen LogP contribution in [0, 0.1) is 0 Å². The molecule has 0 N–H and O–H groups in total. The van der Waals surface area contributed by atoms with E-state index in [2.05, 4.69) is 9.80 Å². The molecule has 1 unspecified atom stereocenters. The van der Waals surface area contributed by atoms with E-state index in [1.54, 1.807) is 22.5 Å². The lowest BCUT2D eigenvalue weighted by Gasteiger charge is -2.42. The van der Waals surface area contributed by atoms with Gasteiger partial charge in [0.05, 0.1) is 14.9 Å². The number of benzene rings is 3. The molecule has 34 heavy (non-hydrogen) atoms. The standard InChI is InChI=1S/C26H29Cl2N3O2S/c1-29(2)15-14-23-19-30(22-10-13-25(27)26(28)18-22)16-17-31(23)34(32,33)24-11-8-21(9-12-24)20-6-4-3-5-7-20/h3-13,18,23H,14-17,19H2,1-2H3. The van der Waals surface area contributed by atoms with Crippen molar-refractivity contribution >= 4 is 38.9 Å². The molecule has 8 heteroatoms. The van der Waals surface area contributed by atoms with Gasteiger partial charge >= 0.3 is 0 Å². The second-order valence-corrected chi connectivity index (χ2v) is 11.5. The fourth-order valence-corrected chi connectivity index (χ4v) is 6.23. The van der Waals surface area contributed by atoms with Crippen molar-refractivity contribution in [1.82, 2.24) is 9.21 Å². The van der Waals surface area contributed by atoms with E-state index in [1.807, 2.05) is 68.7 Å². The minimum Gasteiger partial charge on any atom is -0.369 e. The third kappa shape index (κ3) is 5.58. The van der Waals surface area contributed by atoms with Crippen LogP contribution in [-0.2, 0) is 10.0 Å². The molecule has 1 heterocycles. The molecular formula is C26H29Cl2N3O2S. The van der Waals surface area contributed by atoms with Crippen molar-refractivity contribution in [2.45, 2.75) is 17.4 Å². The minimum absolute atomic E-state index is 0.163. The fourth-order valence-electron chi connectivity index (χ4n) is 4.30. The van der Waals surface area contributed by atoms with Crippen LogP contribution >= 0.6 is 23.2 Å². The molecule has 0 aromatic heterocycles. The predicted molar refractivity (Wildman–Crippen MR) is 141 cm³/mol. The average Bonchev–Trinajstić information content (AvgIpc) is 2.85. The van der Waals surface area contributed by atoms with E-state index in [0.29, 0.717) is 34.6 Å². The van der Waals surface area contributed by atoms with Crippen molar-refractivity contribution in [3.05, 3.63) is 82.8 Å². The Kier molecular flexibility index (Phi) is 7.85. The summed E-state index contributed by atoms with van der Waals surface area (Å²) in [6.45, 7) is 2.37. The van der Waals surface area contributed by atoms with Crippen molar-refractivity contribution in [2.24, 2.45) is 0 Å². The van der Waals surface area contributed by atoms with Crippen molar-refractivity contribution in [3.8, 4) is 11.1 Å². The molecule has 1 aliphatic heterocycles. The van der Waals surface area contributed by atoms with E-state index in [0.717, 1.165) is 29.8 Å². The van der Waals surface area contributed by atoms with Gasteiger partial charge in [-0.3, -0.25) is 0 Å². The summed E-state index contributed by atoms with van der Waals surface area (Å²) in [7, 11) is 0.364. The van der Waals surface area contributed by atoms with Crippen LogP contribution in [-0.4, -0.2) is 63.9 Å². The number of nitrogens with zero attached hydrogens (tertiary/aromatic N) is 3. The summed E-state index contributed by atoms with van der Waals surface area (Å²) in [5.41, 5.74) is 3.01. The highest BCUT2D eigenvalue weighted by molar-refractivity contribution is 7.89.